The van der Waals surface area contributed by atoms with E-state index in [0.29, 0.717) is 28.5 Å². The van der Waals surface area contributed by atoms with Gasteiger partial charge in [-0.3, -0.25) is 14.5 Å². The van der Waals surface area contributed by atoms with Crippen molar-refractivity contribution < 1.29 is 13.9 Å². The first kappa shape index (κ1) is 19.0. The van der Waals surface area contributed by atoms with E-state index in [9.17, 15) is 9.59 Å². The van der Waals surface area contributed by atoms with Crippen LogP contribution < -0.4 is 15.1 Å². The summed E-state index contributed by atoms with van der Waals surface area (Å²) >= 11 is 4.62. The third kappa shape index (κ3) is 2.93. The fourth-order valence-corrected chi connectivity index (χ4v) is 4.62. The molecule has 0 aliphatic carbocycles. The van der Waals surface area contributed by atoms with Crippen LogP contribution in [0.25, 0.3) is 11.0 Å². The number of rotatable bonds is 4. The maximum atomic E-state index is 13.5. The Labute approximate surface area is 183 Å². The summed E-state index contributed by atoms with van der Waals surface area (Å²) in [7, 11) is 0. The van der Waals surface area contributed by atoms with Crippen molar-refractivity contribution in [3.05, 3.63) is 79.6 Å². The second kappa shape index (κ2) is 7.33. The van der Waals surface area contributed by atoms with E-state index in [0.717, 1.165) is 10.0 Å². The summed E-state index contributed by atoms with van der Waals surface area (Å²) in [4.78, 5) is 28.3. The standard InChI is InChI=1S/C21H14BrN3O4S/c1-2-28-13-5-3-4-11(8-13)17-16-18(26)14-9-12(22)6-7-15(14)29-19(16)20(27)25(17)21-24-23-10-30-21/h3-10,17H,2H2,1H3. The number of halogens is 1. The van der Waals surface area contributed by atoms with E-state index < -0.39 is 11.9 Å². The Balaban J connectivity index is 1.80. The number of benzene rings is 2. The number of carbonyl (C=O) groups excluding carboxylic acids is 1. The van der Waals surface area contributed by atoms with Gasteiger partial charge in [0, 0.05) is 4.47 Å². The molecule has 0 bridgehead atoms. The molecule has 150 valence electrons. The largest absolute Gasteiger partial charge is 0.494 e. The van der Waals surface area contributed by atoms with Crippen molar-refractivity contribution in [2.75, 3.05) is 11.5 Å². The van der Waals surface area contributed by atoms with Gasteiger partial charge in [-0.05, 0) is 42.8 Å². The van der Waals surface area contributed by atoms with Crippen LogP contribution in [0.2, 0.25) is 0 Å². The molecule has 3 heterocycles. The van der Waals surface area contributed by atoms with Crippen LogP contribution in [0.1, 0.15) is 34.6 Å². The van der Waals surface area contributed by atoms with E-state index in [2.05, 4.69) is 26.1 Å². The first-order valence-electron chi connectivity index (χ1n) is 9.17. The Hall–Kier alpha value is -3.04. The van der Waals surface area contributed by atoms with Gasteiger partial charge >= 0.3 is 0 Å². The van der Waals surface area contributed by atoms with Gasteiger partial charge < -0.3 is 9.15 Å². The van der Waals surface area contributed by atoms with Gasteiger partial charge in [-0.1, -0.05) is 39.4 Å². The summed E-state index contributed by atoms with van der Waals surface area (Å²) in [5, 5.41) is 8.73. The van der Waals surface area contributed by atoms with Gasteiger partial charge in [0.25, 0.3) is 5.91 Å². The molecule has 0 radical (unpaired) electrons. The fraction of sp³-hybridized carbons (Fsp3) is 0.143. The van der Waals surface area contributed by atoms with Gasteiger partial charge in [0.2, 0.25) is 10.9 Å². The summed E-state index contributed by atoms with van der Waals surface area (Å²) in [6.07, 6.45) is 0. The minimum atomic E-state index is -0.694. The zero-order valence-electron chi connectivity index (χ0n) is 15.7. The summed E-state index contributed by atoms with van der Waals surface area (Å²) in [5.41, 5.74) is 2.66. The normalized spacial score (nSPS) is 15.6. The highest BCUT2D eigenvalue weighted by atomic mass is 79.9. The highest BCUT2D eigenvalue weighted by Crippen LogP contribution is 2.42. The predicted molar refractivity (Wildman–Crippen MR) is 116 cm³/mol. The molecule has 0 spiro atoms. The first-order chi connectivity index (χ1) is 14.6. The van der Waals surface area contributed by atoms with Crippen molar-refractivity contribution in [3.63, 3.8) is 0 Å². The Morgan fingerprint density at radius 3 is 2.87 bits per heavy atom. The molecule has 7 nitrogen and oxygen atoms in total. The Morgan fingerprint density at radius 2 is 2.10 bits per heavy atom. The van der Waals surface area contributed by atoms with Crippen LogP contribution in [0.5, 0.6) is 5.75 Å². The monoisotopic (exact) mass is 483 g/mol. The van der Waals surface area contributed by atoms with E-state index >= 15 is 0 Å². The highest BCUT2D eigenvalue weighted by Gasteiger charge is 2.45. The van der Waals surface area contributed by atoms with Crippen LogP contribution in [-0.2, 0) is 0 Å². The van der Waals surface area contributed by atoms with Crippen molar-refractivity contribution in [3.8, 4) is 5.75 Å². The first-order valence-corrected chi connectivity index (χ1v) is 10.8. The molecule has 5 rings (SSSR count). The molecule has 0 N–H and O–H groups in total. The average molecular weight is 484 g/mol. The molecular weight excluding hydrogens is 470 g/mol. The molecule has 0 saturated heterocycles. The zero-order chi connectivity index (χ0) is 20.8. The van der Waals surface area contributed by atoms with E-state index in [1.165, 1.54) is 16.2 Å². The number of aromatic nitrogens is 2. The van der Waals surface area contributed by atoms with Crippen molar-refractivity contribution >= 4 is 49.3 Å². The quantitative estimate of drug-likeness (QED) is 0.423. The maximum absolute atomic E-state index is 13.5. The van der Waals surface area contributed by atoms with Crippen molar-refractivity contribution in [2.45, 2.75) is 13.0 Å². The van der Waals surface area contributed by atoms with Crippen LogP contribution in [0, 0.1) is 0 Å². The smallest absolute Gasteiger partial charge is 0.297 e. The average Bonchev–Trinajstić information content (AvgIpc) is 3.36. The molecule has 2 aromatic carbocycles. The Morgan fingerprint density at radius 1 is 1.23 bits per heavy atom. The van der Waals surface area contributed by atoms with E-state index in [1.54, 1.807) is 23.7 Å². The van der Waals surface area contributed by atoms with E-state index in [4.69, 9.17) is 9.15 Å². The molecule has 4 aromatic rings. The van der Waals surface area contributed by atoms with E-state index in [-0.39, 0.29) is 16.8 Å². The summed E-state index contributed by atoms with van der Waals surface area (Å²) in [6.45, 7) is 2.40. The van der Waals surface area contributed by atoms with Crippen LogP contribution in [0.3, 0.4) is 0 Å². The molecule has 9 heteroatoms. The highest BCUT2D eigenvalue weighted by molar-refractivity contribution is 9.10. The number of ether oxygens (including phenoxy) is 1. The third-order valence-corrected chi connectivity index (χ3v) is 6.05. The lowest BCUT2D eigenvalue weighted by Crippen LogP contribution is -2.29. The molecule has 1 atom stereocenters. The number of amides is 1. The maximum Gasteiger partial charge on any atom is 0.297 e. The molecule has 2 aromatic heterocycles. The van der Waals surface area contributed by atoms with Crippen molar-refractivity contribution in [1.29, 1.82) is 0 Å². The number of hydrogen-bond acceptors (Lipinski definition) is 7. The molecule has 0 saturated carbocycles. The minimum absolute atomic E-state index is 0.0248. The lowest BCUT2D eigenvalue weighted by Gasteiger charge is -2.22. The van der Waals surface area contributed by atoms with Gasteiger partial charge in [0.1, 0.15) is 16.8 Å². The van der Waals surface area contributed by atoms with Gasteiger partial charge in [-0.15, -0.1) is 10.2 Å². The van der Waals surface area contributed by atoms with Crippen LogP contribution in [0.15, 0.2) is 61.7 Å². The summed E-state index contributed by atoms with van der Waals surface area (Å²) in [6, 6.07) is 11.8. The SMILES string of the molecule is CCOc1cccc(C2c3c(oc4ccc(Br)cc4c3=O)C(=O)N2c2nncs2)c1. The minimum Gasteiger partial charge on any atom is -0.494 e. The van der Waals surface area contributed by atoms with Gasteiger partial charge in [-0.25, -0.2) is 0 Å². The van der Waals surface area contributed by atoms with Gasteiger partial charge in [0.15, 0.2) is 5.43 Å². The fourth-order valence-electron chi connectivity index (χ4n) is 3.67. The van der Waals surface area contributed by atoms with Gasteiger partial charge in [0.05, 0.1) is 23.6 Å². The molecule has 1 aliphatic heterocycles. The van der Waals surface area contributed by atoms with Crippen molar-refractivity contribution in [2.24, 2.45) is 0 Å². The molecule has 0 fully saturated rings. The van der Waals surface area contributed by atoms with Gasteiger partial charge in [-0.2, -0.15) is 0 Å². The van der Waals surface area contributed by atoms with Crippen LogP contribution >= 0.6 is 27.3 Å². The number of hydrogen-bond donors (Lipinski definition) is 0. The van der Waals surface area contributed by atoms with E-state index in [1.807, 2.05) is 31.2 Å². The topological polar surface area (TPSA) is 85.5 Å². The van der Waals surface area contributed by atoms with Crippen LogP contribution in [-0.4, -0.2) is 22.7 Å². The molecule has 1 amide bonds. The number of carbonyl (C=O) groups is 1. The predicted octanol–water partition coefficient (Wildman–Crippen LogP) is 4.56. The molecule has 1 aliphatic rings. The lowest BCUT2D eigenvalue weighted by molar-refractivity contribution is 0.0970. The summed E-state index contributed by atoms with van der Waals surface area (Å²) < 4.78 is 12.3. The number of anilines is 1. The number of fused-ring (bicyclic) bond motifs is 2. The Bertz CT molecular complexity index is 1340. The van der Waals surface area contributed by atoms with Crippen LogP contribution in [0.4, 0.5) is 5.13 Å². The second-order valence-corrected chi connectivity index (χ2v) is 8.35. The number of nitrogens with zero attached hydrogens (tertiary/aromatic N) is 3. The van der Waals surface area contributed by atoms with Crippen molar-refractivity contribution in [1.82, 2.24) is 10.2 Å². The molecule has 30 heavy (non-hydrogen) atoms. The molecular formula is C21H14BrN3O4S. The lowest BCUT2D eigenvalue weighted by atomic mass is 9.98. The Kier molecular flexibility index (Phi) is 4.63. The zero-order valence-corrected chi connectivity index (χ0v) is 18.1. The third-order valence-electron chi connectivity index (χ3n) is 4.87. The summed E-state index contributed by atoms with van der Waals surface area (Å²) in [5.74, 6) is 0.258. The molecule has 1 unspecified atom stereocenters. The second-order valence-electron chi connectivity index (χ2n) is 6.62.